The van der Waals surface area contributed by atoms with Crippen molar-refractivity contribution in [1.82, 2.24) is 9.88 Å². The first-order chi connectivity index (χ1) is 8.57. The summed E-state index contributed by atoms with van der Waals surface area (Å²) in [7, 11) is 0. The number of aliphatic hydroxyl groups is 1. The van der Waals surface area contributed by atoms with Crippen LogP contribution in [-0.4, -0.2) is 39.6 Å². The van der Waals surface area contributed by atoms with E-state index >= 15 is 0 Å². The monoisotopic (exact) mass is 244 g/mol. The first kappa shape index (κ1) is 11.3. The summed E-state index contributed by atoms with van der Waals surface area (Å²) in [4.78, 5) is 17.3. The summed E-state index contributed by atoms with van der Waals surface area (Å²) >= 11 is 0. The zero-order valence-electron chi connectivity index (χ0n) is 10.3. The first-order valence-corrected chi connectivity index (χ1v) is 6.15. The summed E-state index contributed by atoms with van der Waals surface area (Å²) in [5.41, 5.74) is 0.795. The van der Waals surface area contributed by atoms with Crippen molar-refractivity contribution in [3.8, 4) is 0 Å². The Morgan fingerprint density at radius 2 is 2.28 bits per heavy atom. The Balaban J connectivity index is 1.95. The number of para-hydroxylation sites is 1. The van der Waals surface area contributed by atoms with Gasteiger partial charge in [-0.05, 0) is 25.5 Å². The Kier molecular flexibility index (Phi) is 2.41. The molecular formula is C14H16N2O2. The number of carbonyl (C=O) groups excluding carboxylic acids is 1. The van der Waals surface area contributed by atoms with Crippen LogP contribution in [0.1, 0.15) is 23.7 Å². The molecular weight excluding hydrogens is 228 g/mol. The number of hydrogen-bond acceptors (Lipinski definition) is 2. The summed E-state index contributed by atoms with van der Waals surface area (Å²) in [6.45, 7) is 2.79. The molecule has 1 aromatic heterocycles. The second-order valence-corrected chi connectivity index (χ2v) is 5.22. The molecule has 0 aliphatic carbocycles. The standard InChI is InChI=1S/C14H16N2O2/c1-14(18)6-8-16(9-14)13(17)11-4-2-3-10-5-7-15-12(10)11/h2-5,7,15,18H,6,8-9H2,1H3. The summed E-state index contributed by atoms with van der Waals surface area (Å²) in [6, 6.07) is 7.64. The minimum absolute atomic E-state index is 0.0131. The zero-order valence-corrected chi connectivity index (χ0v) is 10.3. The summed E-state index contributed by atoms with van der Waals surface area (Å²) in [5.74, 6) is -0.0131. The molecule has 1 aliphatic heterocycles. The van der Waals surface area contributed by atoms with Crippen LogP contribution in [0.4, 0.5) is 0 Å². The fraction of sp³-hybridized carbons (Fsp3) is 0.357. The second kappa shape index (κ2) is 3.85. The van der Waals surface area contributed by atoms with Crippen LogP contribution in [0.15, 0.2) is 30.5 Å². The Labute approximate surface area is 105 Å². The van der Waals surface area contributed by atoms with Gasteiger partial charge in [0, 0.05) is 24.7 Å². The van der Waals surface area contributed by atoms with Gasteiger partial charge in [-0.15, -0.1) is 0 Å². The predicted octanol–water partition coefficient (Wildman–Crippen LogP) is 1.76. The number of nitrogens with one attached hydrogen (secondary N) is 1. The van der Waals surface area contributed by atoms with Crippen molar-refractivity contribution >= 4 is 16.8 Å². The van der Waals surface area contributed by atoms with E-state index in [1.807, 2.05) is 30.5 Å². The van der Waals surface area contributed by atoms with E-state index in [4.69, 9.17) is 0 Å². The average Bonchev–Trinajstić information content (AvgIpc) is 2.93. The molecule has 2 heterocycles. The minimum Gasteiger partial charge on any atom is -0.388 e. The molecule has 2 aromatic rings. The van der Waals surface area contributed by atoms with E-state index in [1.165, 1.54) is 0 Å². The maximum Gasteiger partial charge on any atom is 0.256 e. The van der Waals surface area contributed by atoms with Crippen molar-refractivity contribution in [2.45, 2.75) is 18.9 Å². The van der Waals surface area contributed by atoms with Crippen LogP contribution in [0.2, 0.25) is 0 Å². The molecule has 1 fully saturated rings. The van der Waals surface area contributed by atoms with Crippen LogP contribution in [-0.2, 0) is 0 Å². The summed E-state index contributed by atoms with van der Waals surface area (Å²) < 4.78 is 0. The smallest absolute Gasteiger partial charge is 0.256 e. The summed E-state index contributed by atoms with van der Waals surface area (Å²) in [6.07, 6.45) is 2.47. The highest BCUT2D eigenvalue weighted by Gasteiger charge is 2.34. The number of rotatable bonds is 1. The lowest BCUT2D eigenvalue weighted by molar-refractivity contribution is 0.0573. The number of β-amino-alcohol motifs (C(OH)–C–C–N with tert-alkyl or cyclic N) is 1. The SMILES string of the molecule is CC1(O)CCN(C(=O)c2cccc3cc[nH]c23)C1. The normalized spacial score (nSPS) is 23.8. The number of carbonyl (C=O) groups is 1. The van der Waals surface area contributed by atoms with Gasteiger partial charge >= 0.3 is 0 Å². The van der Waals surface area contributed by atoms with Gasteiger partial charge in [-0.3, -0.25) is 4.79 Å². The number of aromatic amines is 1. The number of benzene rings is 1. The van der Waals surface area contributed by atoms with Gasteiger partial charge in [-0.1, -0.05) is 12.1 Å². The van der Waals surface area contributed by atoms with Gasteiger partial charge in [0.15, 0.2) is 0 Å². The maximum atomic E-state index is 12.4. The van der Waals surface area contributed by atoms with Crippen LogP contribution >= 0.6 is 0 Å². The van der Waals surface area contributed by atoms with Crippen LogP contribution in [0.5, 0.6) is 0 Å². The quantitative estimate of drug-likeness (QED) is 0.803. The van der Waals surface area contributed by atoms with Crippen molar-refractivity contribution in [3.05, 3.63) is 36.0 Å². The Morgan fingerprint density at radius 3 is 3.00 bits per heavy atom. The van der Waals surface area contributed by atoms with E-state index in [1.54, 1.807) is 11.8 Å². The zero-order chi connectivity index (χ0) is 12.8. The summed E-state index contributed by atoms with van der Waals surface area (Å²) in [5, 5.41) is 11.0. The number of nitrogens with zero attached hydrogens (tertiary/aromatic N) is 1. The Morgan fingerprint density at radius 1 is 1.44 bits per heavy atom. The van der Waals surface area contributed by atoms with Gasteiger partial charge in [-0.2, -0.15) is 0 Å². The van der Waals surface area contributed by atoms with Crippen molar-refractivity contribution in [3.63, 3.8) is 0 Å². The van der Waals surface area contributed by atoms with Crippen LogP contribution in [0, 0.1) is 0 Å². The van der Waals surface area contributed by atoms with E-state index < -0.39 is 5.60 Å². The predicted molar refractivity (Wildman–Crippen MR) is 69.4 cm³/mol. The third kappa shape index (κ3) is 1.78. The second-order valence-electron chi connectivity index (χ2n) is 5.22. The van der Waals surface area contributed by atoms with Crippen molar-refractivity contribution in [1.29, 1.82) is 0 Å². The largest absolute Gasteiger partial charge is 0.388 e. The topological polar surface area (TPSA) is 56.3 Å². The molecule has 1 aliphatic rings. The van der Waals surface area contributed by atoms with Gasteiger partial charge in [0.05, 0.1) is 16.7 Å². The van der Waals surface area contributed by atoms with Crippen LogP contribution in [0.3, 0.4) is 0 Å². The highest BCUT2D eigenvalue weighted by Crippen LogP contribution is 2.24. The molecule has 0 radical (unpaired) electrons. The van der Waals surface area contributed by atoms with Gasteiger partial charge in [0.1, 0.15) is 0 Å². The van der Waals surface area contributed by atoms with Gasteiger partial charge < -0.3 is 15.0 Å². The van der Waals surface area contributed by atoms with Crippen LogP contribution < -0.4 is 0 Å². The number of fused-ring (bicyclic) bond motifs is 1. The number of H-pyrrole nitrogens is 1. The molecule has 1 atom stereocenters. The molecule has 1 amide bonds. The van der Waals surface area contributed by atoms with Gasteiger partial charge in [0.2, 0.25) is 0 Å². The lowest BCUT2D eigenvalue weighted by Gasteiger charge is -2.19. The fourth-order valence-electron chi connectivity index (χ4n) is 2.55. The minimum atomic E-state index is -0.751. The number of hydrogen-bond donors (Lipinski definition) is 2. The molecule has 0 saturated carbocycles. The molecule has 4 heteroatoms. The molecule has 1 aromatic carbocycles. The van der Waals surface area contributed by atoms with Crippen molar-refractivity contribution in [2.24, 2.45) is 0 Å². The third-order valence-corrected chi connectivity index (χ3v) is 3.56. The highest BCUT2D eigenvalue weighted by molar-refractivity contribution is 6.05. The fourth-order valence-corrected chi connectivity index (χ4v) is 2.55. The van der Waals surface area contributed by atoms with Crippen LogP contribution in [0.25, 0.3) is 10.9 Å². The maximum absolute atomic E-state index is 12.4. The molecule has 1 unspecified atom stereocenters. The molecule has 18 heavy (non-hydrogen) atoms. The van der Waals surface area contributed by atoms with E-state index in [0.717, 1.165) is 10.9 Å². The molecule has 4 nitrogen and oxygen atoms in total. The van der Waals surface area contributed by atoms with Gasteiger partial charge in [-0.25, -0.2) is 0 Å². The molecule has 0 spiro atoms. The van der Waals surface area contributed by atoms with E-state index in [-0.39, 0.29) is 5.91 Å². The molecule has 2 N–H and O–H groups in total. The van der Waals surface area contributed by atoms with Crippen molar-refractivity contribution in [2.75, 3.05) is 13.1 Å². The first-order valence-electron chi connectivity index (χ1n) is 6.15. The van der Waals surface area contributed by atoms with Crippen molar-refractivity contribution < 1.29 is 9.90 Å². The highest BCUT2D eigenvalue weighted by atomic mass is 16.3. The number of amides is 1. The molecule has 3 rings (SSSR count). The lowest BCUT2D eigenvalue weighted by Crippen LogP contribution is -2.34. The molecule has 1 saturated heterocycles. The average molecular weight is 244 g/mol. The number of likely N-dealkylation sites (tertiary alicyclic amines) is 1. The van der Waals surface area contributed by atoms with E-state index in [0.29, 0.717) is 25.1 Å². The number of aromatic nitrogens is 1. The third-order valence-electron chi connectivity index (χ3n) is 3.56. The lowest BCUT2D eigenvalue weighted by atomic mass is 10.1. The van der Waals surface area contributed by atoms with E-state index in [9.17, 15) is 9.90 Å². The Hall–Kier alpha value is -1.81. The van der Waals surface area contributed by atoms with E-state index in [2.05, 4.69) is 4.98 Å². The van der Waals surface area contributed by atoms with Gasteiger partial charge in [0.25, 0.3) is 5.91 Å². The molecule has 94 valence electrons. The Bertz CT molecular complexity index is 601. The molecule has 0 bridgehead atoms.